The zero-order valence-electron chi connectivity index (χ0n) is 25.4. The van der Waals surface area contributed by atoms with E-state index in [1.54, 1.807) is 0 Å². The second-order valence-electron chi connectivity index (χ2n) is 10.6. The third-order valence-electron chi connectivity index (χ3n) is 6.77. The van der Waals surface area contributed by atoms with Crippen molar-refractivity contribution in [3.8, 4) is 0 Å². The van der Waals surface area contributed by atoms with E-state index in [0.717, 1.165) is 77.0 Å². The van der Waals surface area contributed by atoms with Crippen LogP contribution in [0.3, 0.4) is 0 Å². The highest BCUT2D eigenvalue weighted by atomic mass is 16.5. The van der Waals surface area contributed by atoms with E-state index in [-0.39, 0.29) is 18.5 Å². The van der Waals surface area contributed by atoms with Gasteiger partial charge in [-0.05, 0) is 76.7 Å². The highest BCUT2D eigenvalue weighted by Crippen LogP contribution is 2.15. The molecular formula is C35H60O4. The number of esters is 1. The first kappa shape index (κ1) is 36.9. The molecular weight excluding hydrogens is 484 g/mol. The number of allylic oxidation sites excluding steroid dienone is 7. The number of rotatable bonds is 28. The van der Waals surface area contributed by atoms with Crippen LogP contribution in [0, 0.1) is 0 Å². The molecule has 39 heavy (non-hydrogen) atoms. The predicted molar refractivity (Wildman–Crippen MR) is 167 cm³/mol. The molecule has 0 spiro atoms. The molecule has 0 radical (unpaired) electrons. The fourth-order valence-corrected chi connectivity index (χ4v) is 4.40. The first-order valence-electron chi connectivity index (χ1n) is 16.1. The number of hydrogen-bond acceptors (Lipinski definition) is 3. The van der Waals surface area contributed by atoms with Crippen LogP contribution in [0.15, 0.2) is 48.6 Å². The predicted octanol–water partition coefficient (Wildman–Crippen LogP) is 10.8. The average molecular weight is 545 g/mol. The molecule has 1 N–H and O–H groups in total. The van der Waals surface area contributed by atoms with Gasteiger partial charge in [0.05, 0.1) is 0 Å². The Morgan fingerprint density at radius 3 is 1.82 bits per heavy atom. The smallest absolute Gasteiger partial charge is 0.306 e. The van der Waals surface area contributed by atoms with E-state index in [1.807, 2.05) is 0 Å². The van der Waals surface area contributed by atoms with Crippen molar-refractivity contribution in [1.29, 1.82) is 0 Å². The van der Waals surface area contributed by atoms with E-state index in [2.05, 4.69) is 62.5 Å². The van der Waals surface area contributed by atoms with Gasteiger partial charge in [-0.25, -0.2) is 0 Å². The van der Waals surface area contributed by atoms with Crippen LogP contribution in [0.25, 0.3) is 0 Å². The van der Waals surface area contributed by atoms with Crippen molar-refractivity contribution in [1.82, 2.24) is 0 Å². The first-order valence-corrected chi connectivity index (χ1v) is 16.1. The van der Waals surface area contributed by atoms with E-state index >= 15 is 0 Å². The van der Waals surface area contributed by atoms with Crippen molar-refractivity contribution < 1.29 is 19.4 Å². The maximum Gasteiger partial charge on any atom is 0.306 e. The molecule has 0 saturated carbocycles. The third-order valence-corrected chi connectivity index (χ3v) is 6.77. The number of carboxylic acid groups (broad SMARTS) is 1. The van der Waals surface area contributed by atoms with E-state index in [0.29, 0.717) is 6.42 Å². The van der Waals surface area contributed by atoms with Gasteiger partial charge in [0.25, 0.3) is 0 Å². The number of hydrogen-bond donors (Lipinski definition) is 1. The average Bonchev–Trinajstić information content (AvgIpc) is 2.91. The van der Waals surface area contributed by atoms with Gasteiger partial charge in [0, 0.05) is 12.8 Å². The summed E-state index contributed by atoms with van der Waals surface area (Å²) in [5, 5.41) is 8.78. The summed E-state index contributed by atoms with van der Waals surface area (Å²) in [6, 6.07) is 0. The molecule has 4 nitrogen and oxygen atoms in total. The van der Waals surface area contributed by atoms with Gasteiger partial charge in [0.15, 0.2) is 0 Å². The van der Waals surface area contributed by atoms with Gasteiger partial charge >= 0.3 is 11.9 Å². The standard InChI is InChI=1S/C35H60O4/c1-3-5-7-9-11-12-13-14-15-16-17-18-20-22-28-32-35(38)39-33(29-25-21-19-10-8-6-4-2)30-26-23-24-27-31-34(36)37/h5,7,11-12,14-15,25,29,33H,3-4,6,8-10,13,16-24,26-28,30-32H2,1-2H3,(H,36,37)/b7-5-,12-11-,15-14-,29-25-. The molecule has 0 bridgehead atoms. The van der Waals surface area contributed by atoms with Crippen molar-refractivity contribution in [3.05, 3.63) is 48.6 Å². The van der Waals surface area contributed by atoms with E-state index < -0.39 is 5.97 Å². The molecule has 1 atom stereocenters. The molecule has 0 aliphatic heterocycles. The zero-order valence-corrected chi connectivity index (χ0v) is 25.4. The molecule has 4 heteroatoms. The van der Waals surface area contributed by atoms with Crippen LogP contribution in [0.5, 0.6) is 0 Å². The van der Waals surface area contributed by atoms with E-state index in [1.165, 1.54) is 51.4 Å². The van der Waals surface area contributed by atoms with Gasteiger partial charge in [0.1, 0.15) is 6.10 Å². The van der Waals surface area contributed by atoms with Crippen LogP contribution in [-0.2, 0) is 14.3 Å². The minimum atomic E-state index is -0.727. The molecule has 0 amide bonds. The summed E-state index contributed by atoms with van der Waals surface area (Å²) < 4.78 is 5.82. The monoisotopic (exact) mass is 544 g/mol. The lowest BCUT2D eigenvalue weighted by atomic mass is 10.1. The number of carbonyl (C=O) groups excluding carboxylic acids is 1. The molecule has 0 saturated heterocycles. The van der Waals surface area contributed by atoms with E-state index in [9.17, 15) is 9.59 Å². The number of carboxylic acids is 1. The number of carbonyl (C=O) groups is 2. The summed E-state index contributed by atoms with van der Waals surface area (Å²) in [6.45, 7) is 4.39. The topological polar surface area (TPSA) is 63.6 Å². The van der Waals surface area contributed by atoms with Gasteiger partial charge in [0.2, 0.25) is 0 Å². The van der Waals surface area contributed by atoms with Crippen LogP contribution in [0.1, 0.15) is 155 Å². The molecule has 0 rings (SSSR count). The maximum atomic E-state index is 12.5. The SMILES string of the molecule is CC/C=C\C/C=C\C/C=C\CCCCCCCC(=O)OC(/C=C\CCCCCCC)CCCCCCC(=O)O. The second kappa shape index (κ2) is 30.4. The molecule has 0 aliphatic rings. The Labute approximate surface area is 241 Å². The van der Waals surface area contributed by atoms with Gasteiger partial charge in [-0.15, -0.1) is 0 Å². The normalized spacial score (nSPS) is 12.9. The quantitative estimate of drug-likeness (QED) is 0.0604. The summed E-state index contributed by atoms with van der Waals surface area (Å²) in [4.78, 5) is 23.1. The Morgan fingerprint density at radius 2 is 1.15 bits per heavy atom. The maximum absolute atomic E-state index is 12.5. The third kappa shape index (κ3) is 30.3. The summed E-state index contributed by atoms with van der Waals surface area (Å²) in [5.74, 6) is -0.810. The van der Waals surface area contributed by atoms with Crippen molar-refractivity contribution in [2.75, 3.05) is 0 Å². The van der Waals surface area contributed by atoms with Crippen molar-refractivity contribution >= 4 is 11.9 Å². The Kier molecular flexibility index (Phi) is 28.8. The Morgan fingerprint density at radius 1 is 0.615 bits per heavy atom. The lowest BCUT2D eigenvalue weighted by molar-refractivity contribution is -0.147. The van der Waals surface area contributed by atoms with Crippen LogP contribution in [0.4, 0.5) is 0 Å². The van der Waals surface area contributed by atoms with Crippen LogP contribution >= 0.6 is 0 Å². The Hall–Kier alpha value is -2.10. The molecule has 0 fully saturated rings. The van der Waals surface area contributed by atoms with Gasteiger partial charge in [-0.2, -0.15) is 0 Å². The van der Waals surface area contributed by atoms with Gasteiger partial charge < -0.3 is 9.84 Å². The molecule has 0 aromatic carbocycles. The van der Waals surface area contributed by atoms with Crippen LogP contribution in [-0.4, -0.2) is 23.1 Å². The number of aliphatic carboxylic acids is 1. The van der Waals surface area contributed by atoms with E-state index in [4.69, 9.17) is 9.84 Å². The fourth-order valence-electron chi connectivity index (χ4n) is 4.40. The van der Waals surface area contributed by atoms with Crippen LogP contribution < -0.4 is 0 Å². The highest BCUT2D eigenvalue weighted by Gasteiger charge is 2.11. The van der Waals surface area contributed by atoms with Gasteiger partial charge in [-0.3, -0.25) is 9.59 Å². The molecule has 0 heterocycles. The fraction of sp³-hybridized carbons (Fsp3) is 0.714. The molecule has 0 aromatic heterocycles. The summed E-state index contributed by atoms with van der Waals surface area (Å²) in [7, 11) is 0. The summed E-state index contributed by atoms with van der Waals surface area (Å²) in [5.41, 5.74) is 0. The molecule has 1 unspecified atom stereocenters. The summed E-state index contributed by atoms with van der Waals surface area (Å²) >= 11 is 0. The molecule has 224 valence electrons. The minimum Gasteiger partial charge on any atom is -0.481 e. The van der Waals surface area contributed by atoms with Crippen LogP contribution in [0.2, 0.25) is 0 Å². The second-order valence-corrected chi connectivity index (χ2v) is 10.6. The largest absolute Gasteiger partial charge is 0.481 e. The highest BCUT2D eigenvalue weighted by molar-refractivity contribution is 5.69. The lowest BCUT2D eigenvalue weighted by Gasteiger charge is -2.15. The number of ether oxygens (including phenoxy) is 1. The minimum absolute atomic E-state index is 0.0837. The Bertz CT molecular complexity index is 674. The van der Waals surface area contributed by atoms with Crippen molar-refractivity contribution in [2.24, 2.45) is 0 Å². The zero-order chi connectivity index (χ0) is 28.7. The van der Waals surface area contributed by atoms with Crippen molar-refractivity contribution in [3.63, 3.8) is 0 Å². The number of unbranched alkanes of at least 4 members (excludes halogenated alkanes) is 13. The van der Waals surface area contributed by atoms with Gasteiger partial charge in [-0.1, -0.05) is 114 Å². The first-order chi connectivity index (χ1) is 19.1. The lowest BCUT2D eigenvalue weighted by Crippen LogP contribution is -2.16. The summed E-state index contributed by atoms with van der Waals surface area (Å²) in [6.07, 6.45) is 39.9. The van der Waals surface area contributed by atoms with Crippen molar-refractivity contribution in [2.45, 2.75) is 161 Å². The molecule has 0 aromatic rings. The molecule has 0 aliphatic carbocycles. The Balaban J connectivity index is 4.06.